The zero-order valence-corrected chi connectivity index (χ0v) is 15.0. The molecule has 4 nitrogen and oxygen atoms in total. The van der Waals surface area contributed by atoms with Crippen molar-refractivity contribution in [1.29, 1.82) is 0 Å². The third kappa shape index (κ3) is 4.40. The van der Waals surface area contributed by atoms with E-state index in [1.165, 1.54) is 5.56 Å². The summed E-state index contributed by atoms with van der Waals surface area (Å²) in [7, 11) is 0. The molecule has 4 heteroatoms. The van der Waals surface area contributed by atoms with Gasteiger partial charge in [0.05, 0.1) is 12.0 Å². The van der Waals surface area contributed by atoms with Crippen molar-refractivity contribution in [3.63, 3.8) is 0 Å². The molecule has 2 heterocycles. The van der Waals surface area contributed by atoms with Gasteiger partial charge in [0, 0.05) is 24.6 Å². The summed E-state index contributed by atoms with van der Waals surface area (Å²) in [6.07, 6.45) is 6.86. The van der Waals surface area contributed by atoms with E-state index in [0.29, 0.717) is 19.8 Å². The fraction of sp³-hybridized carbons (Fsp3) is 0.381. The van der Waals surface area contributed by atoms with Crippen LogP contribution in [0, 0.1) is 6.92 Å². The van der Waals surface area contributed by atoms with Crippen molar-refractivity contribution >= 4 is 11.0 Å². The van der Waals surface area contributed by atoms with Crippen LogP contribution in [0.15, 0.2) is 47.1 Å². The lowest BCUT2D eigenvalue weighted by atomic mass is 10.1. The van der Waals surface area contributed by atoms with E-state index in [1.54, 1.807) is 6.20 Å². The zero-order chi connectivity index (χ0) is 17.5. The number of furan rings is 1. The Morgan fingerprint density at radius 2 is 2.04 bits per heavy atom. The molecule has 0 saturated heterocycles. The maximum absolute atomic E-state index is 6.04. The van der Waals surface area contributed by atoms with Gasteiger partial charge in [0.2, 0.25) is 0 Å². The molecule has 0 radical (unpaired) electrons. The fourth-order valence-electron chi connectivity index (χ4n) is 2.93. The van der Waals surface area contributed by atoms with Crippen molar-refractivity contribution in [3.05, 3.63) is 59.6 Å². The highest BCUT2D eigenvalue weighted by molar-refractivity contribution is 5.88. The Hall–Kier alpha value is -2.33. The van der Waals surface area contributed by atoms with Crippen LogP contribution in [0.4, 0.5) is 0 Å². The Morgan fingerprint density at radius 1 is 1.12 bits per heavy atom. The van der Waals surface area contributed by atoms with Crippen molar-refractivity contribution in [3.8, 4) is 5.75 Å². The number of nitrogens with zero attached hydrogens (tertiary/aromatic N) is 1. The third-order valence-electron chi connectivity index (χ3n) is 4.29. The lowest BCUT2D eigenvalue weighted by Gasteiger charge is -2.08. The van der Waals surface area contributed by atoms with Gasteiger partial charge in [-0.3, -0.25) is 4.98 Å². The number of pyridine rings is 1. The standard InChI is InChI=1S/C21H25NO3/c1-3-23-15-20-16(2)21-18(10-6-11-19(21)25-20)24-13-5-4-8-17-9-7-12-22-14-17/h6-7,9-12,14H,3-5,8,13,15H2,1-2H3. The van der Waals surface area contributed by atoms with Crippen molar-refractivity contribution in [1.82, 2.24) is 4.98 Å². The van der Waals surface area contributed by atoms with Gasteiger partial charge in [-0.15, -0.1) is 0 Å². The Morgan fingerprint density at radius 3 is 2.84 bits per heavy atom. The van der Waals surface area contributed by atoms with Gasteiger partial charge in [0.25, 0.3) is 0 Å². The molecular formula is C21H25NO3. The van der Waals surface area contributed by atoms with Crippen LogP contribution in [0.2, 0.25) is 0 Å². The SMILES string of the molecule is CCOCc1oc2cccc(OCCCCc3cccnc3)c2c1C. The number of aromatic nitrogens is 1. The Balaban J connectivity index is 1.58. The van der Waals surface area contributed by atoms with Crippen LogP contribution in [0.25, 0.3) is 11.0 Å². The number of hydrogen-bond donors (Lipinski definition) is 0. The topological polar surface area (TPSA) is 44.5 Å². The molecule has 1 aromatic carbocycles. The lowest BCUT2D eigenvalue weighted by Crippen LogP contribution is -1.99. The molecular weight excluding hydrogens is 314 g/mol. The summed E-state index contributed by atoms with van der Waals surface area (Å²) in [6, 6.07) is 10.1. The molecule has 0 N–H and O–H groups in total. The second-order valence-electron chi connectivity index (χ2n) is 6.08. The number of fused-ring (bicyclic) bond motifs is 1. The molecule has 0 atom stereocenters. The molecule has 0 amide bonds. The van der Waals surface area contributed by atoms with Gasteiger partial charge in [-0.2, -0.15) is 0 Å². The number of ether oxygens (including phenoxy) is 2. The first kappa shape index (κ1) is 17.5. The molecule has 0 saturated carbocycles. The number of unbranched alkanes of at least 4 members (excludes halogenated alkanes) is 1. The molecule has 132 valence electrons. The van der Waals surface area contributed by atoms with E-state index in [0.717, 1.165) is 47.3 Å². The van der Waals surface area contributed by atoms with Crippen molar-refractivity contribution in [2.45, 2.75) is 39.7 Å². The molecule has 3 aromatic rings. The van der Waals surface area contributed by atoms with Crippen LogP contribution in [0.5, 0.6) is 5.75 Å². The number of benzene rings is 1. The van der Waals surface area contributed by atoms with Crippen LogP contribution < -0.4 is 4.74 Å². The third-order valence-corrected chi connectivity index (χ3v) is 4.29. The Bertz CT molecular complexity index is 796. The van der Waals surface area contributed by atoms with Gasteiger partial charge in [-0.25, -0.2) is 0 Å². The van der Waals surface area contributed by atoms with Gasteiger partial charge in [0.1, 0.15) is 23.7 Å². The summed E-state index contributed by atoms with van der Waals surface area (Å²) in [5, 5.41) is 1.06. The van der Waals surface area contributed by atoms with Crippen molar-refractivity contribution in [2.75, 3.05) is 13.2 Å². The molecule has 0 aliphatic rings. The summed E-state index contributed by atoms with van der Waals surface area (Å²) >= 11 is 0. The van der Waals surface area contributed by atoms with E-state index in [2.05, 4.69) is 18.0 Å². The minimum absolute atomic E-state index is 0.502. The summed E-state index contributed by atoms with van der Waals surface area (Å²) in [4.78, 5) is 4.15. The van der Waals surface area contributed by atoms with Crippen LogP contribution in [0.1, 0.15) is 36.7 Å². The molecule has 0 aliphatic carbocycles. The molecule has 0 bridgehead atoms. The molecule has 0 unspecified atom stereocenters. The Kier molecular flexibility index (Phi) is 6.07. The van der Waals surface area contributed by atoms with E-state index in [9.17, 15) is 0 Å². The van der Waals surface area contributed by atoms with E-state index in [-0.39, 0.29) is 0 Å². The van der Waals surface area contributed by atoms with Gasteiger partial charge in [0.15, 0.2) is 0 Å². The van der Waals surface area contributed by atoms with Crippen molar-refractivity contribution in [2.24, 2.45) is 0 Å². The minimum atomic E-state index is 0.502. The fourth-order valence-corrected chi connectivity index (χ4v) is 2.93. The summed E-state index contributed by atoms with van der Waals surface area (Å²) in [5.74, 6) is 1.77. The van der Waals surface area contributed by atoms with Crippen LogP contribution in [-0.2, 0) is 17.8 Å². The molecule has 0 spiro atoms. The lowest BCUT2D eigenvalue weighted by molar-refractivity contribution is 0.119. The quantitative estimate of drug-likeness (QED) is 0.510. The van der Waals surface area contributed by atoms with Crippen LogP contribution >= 0.6 is 0 Å². The normalized spacial score (nSPS) is 11.1. The van der Waals surface area contributed by atoms with Gasteiger partial charge < -0.3 is 13.9 Å². The van der Waals surface area contributed by atoms with Gasteiger partial charge >= 0.3 is 0 Å². The minimum Gasteiger partial charge on any atom is -0.493 e. The molecule has 0 aliphatic heterocycles. The molecule has 25 heavy (non-hydrogen) atoms. The summed E-state index contributed by atoms with van der Waals surface area (Å²) in [5.41, 5.74) is 3.24. The molecule has 0 fully saturated rings. The number of rotatable bonds is 9. The summed E-state index contributed by atoms with van der Waals surface area (Å²) < 4.78 is 17.4. The second kappa shape index (κ2) is 8.67. The largest absolute Gasteiger partial charge is 0.493 e. The monoisotopic (exact) mass is 339 g/mol. The van der Waals surface area contributed by atoms with Gasteiger partial charge in [-0.1, -0.05) is 12.1 Å². The highest BCUT2D eigenvalue weighted by Crippen LogP contribution is 2.33. The smallest absolute Gasteiger partial charge is 0.138 e. The van der Waals surface area contributed by atoms with E-state index < -0.39 is 0 Å². The predicted molar refractivity (Wildman–Crippen MR) is 99.0 cm³/mol. The second-order valence-corrected chi connectivity index (χ2v) is 6.08. The van der Waals surface area contributed by atoms with Crippen LogP contribution in [-0.4, -0.2) is 18.2 Å². The first-order valence-corrected chi connectivity index (χ1v) is 8.90. The molecule has 2 aromatic heterocycles. The average molecular weight is 339 g/mol. The van der Waals surface area contributed by atoms with E-state index in [4.69, 9.17) is 13.9 Å². The number of aryl methyl sites for hydroxylation is 2. The molecule has 3 rings (SSSR count). The number of hydrogen-bond acceptors (Lipinski definition) is 4. The van der Waals surface area contributed by atoms with Crippen molar-refractivity contribution < 1.29 is 13.9 Å². The predicted octanol–water partition coefficient (Wildman–Crippen LogP) is 5.07. The maximum atomic E-state index is 6.04. The Labute approximate surface area is 148 Å². The zero-order valence-electron chi connectivity index (χ0n) is 15.0. The van der Waals surface area contributed by atoms with E-state index >= 15 is 0 Å². The highest BCUT2D eigenvalue weighted by Gasteiger charge is 2.14. The first-order valence-electron chi connectivity index (χ1n) is 8.90. The first-order chi connectivity index (χ1) is 12.3. The average Bonchev–Trinajstić information content (AvgIpc) is 2.97. The van der Waals surface area contributed by atoms with E-state index in [1.807, 2.05) is 37.4 Å². The highest BCUT2D eigenvalue weighted by atomic mass is 16.5. The van der Waals surface area contributed by atoms with Crippen LogP contribution in [0.3, 0.4) is 0 Å². The van der Waals surface area contributed by atoms with Gasteiger partial charge in [-0.05, 0) is 56.9 Å². The maximum Gasteiger partial charge on any atom is 0.138 e. The summed E-state index contributed by atoms with van der Waals surface area (Å²) in [6.45, 7) is 5.93.